The zero-order valence-corrected chi connectivity index (χ0v) is 22.3. The van der Waals surface area contributed by atoms with Gasteiger partial charge in [-0.15, -0.1) is 0 Å². The van der Waals surface area contributed by atoms with Gasteiger partial charge < -0.3 is 21.5 Å². The Morgan fingerprint density at radius 2 is 1.84 bits per heavy atom. The van der Waals surface area contributed by atoms with Crippen molar-refractivity contribution in [2.75, 3.05) is 33.9 Å². The normalized spacial score (nSPS) is 21.0. The highest BCUT2D eigenvalue weighted by atomic mass is 35.5. The molecule has 0 saturated carbocycles. The van der Waals surface area contributed by atoms with Crippen LogP contribution in [0.3, 0.4) is 0 Å². The molecule has 16 heteroatoms. The maximum atomic E-state index is 13.9. The summed E-state index contributed by atoms with van der Waals surface area (Å²) in [6.45, 7) is -1.16. The van der Waals surface area contributed by atoms with Gasteiger partial charge in [0.2, 0.25) is 5.60 Å². The number of nitrogen functional groups attached to an aromatic ring is 1. The summed E-state index contributed by atoms with van der Waals surface area (Å²) in [4.78, 5) is 28.4. The van der Waals surface area contributed by atoms with Crippen molar-refractivity contribution in [3.63, 3.8) is 0 Å². The average Bonchev–Trinajstić information content (AvgIpc) is 3.48. The van der Waals surface area contributed by atoms with E-state index in [1.54, 1.807) is 0 Å². The van der Waals surface area contributed by atoms with Gasteiger partial charge in [0, 0.05) is 33.9 Å². The van der Waals surface area contributed by atoms with Gasteiger partial charge in [-0.05, 0) is 54.4 Å². The molecule has 0 fully saturated rings. The molecule has 4 amide bonds. The second kappa shape index (κ2) is 9.38. The molecule has 6 rings (SSSR count). The number of urea groups is 2. The van der Waals surface area contributed by atoms with Crippen molar-refractivity contribution < 1.29 is 45.4 Å². The number of benzene rings is 3. The molecule has 2 unspecified atom stereocenters. The number of hydrogen-bond acceptors (Lipinski definition) is 4. The first-order valence-corrected chi connectivity index (χ1v) is 13.0. The number of alkyl halides is 6. The zero-order valence-electron chi connectivity index (χ0n) is 21.5. The van der Waals surface area contributed by atoms with Crippen molar-refractivity contribution in [3.8, 4) is 0 Å². The molecule has 0 aromatic heterocycles. The van der Waals surface area contributed by atoms with E-state index in [2.05, 4.69) is 10.6 Å². The minimum absolute atomic E-state index is 0.0977. The molecule has 0 saturated heterocycles. The van der Waals surface area contributed by atoms with E-state index in [9.17, 15) is 45.4 Å². The number of rotatable bonds is 2. The SMILES string of the molecule is Nc1cc(NC(=O)N2CC(O)(C(F)(F)F)c3cc(F)ccc32)c2c3c1CCN3C(=O)NC2c1cc(C(F)(F)F)ccc1Cl. The summed E-state index contributed by atoms with van der Waals surface area (Å²) in [6.07, 6.45) is -9.77. The van der Waals surface area contributed by atoms with E-state index in [0.29, 0.717) is 16.5 Å². The van der Waals surface area contributed by atoms with Gasteiger partial charge in [0.05, 0.1) is 35.2 Å². The number of anilines is 4. The van der Waals surface area contributed by atoms with Crippen LogP contribution < -0.4 is 26.2 Å². The fourth-order valence-corrected chi connectivity index (χ4v) is 6.01. The van der Waals surface area contributed by atoms with Crippen LogP contribution in [-0.4, -0.2) is 36.4 Å². The van der Waals surface area contributed by atoms with Crippen LogP contribution >= 0.6 is 11.6 Å². The Bertz CT molecular complexity index is 1710. The van der Waals surface area contributed by atoms with Crippen LogP contribution in [0.15, 0.2) is 42.5 Å². The number of amides is 4. The standard InChI is InChI=1S/C27H19ClF7N5O3/c28-16-3-1-11(26(30,31)32)7-14(16)21-20-18(9-17(36)13-5-6-39(22(13)20)24(42)38-21)37-23(41)40-10-25(43,27(33,34)35)15-8-12(29)2-4-19(15)40/h1-4,7-9,21,43H,5-6,10,36H2,(H,37,41)(H,38,42). The second-order valence-electron chi connectivity index (χ2n) is 10.3. The molecule has 0 bridgehead atoms. The Morgan fingerprint density at radius 3 is 2.51 bits per heavy atom. The lowest BCUT2D eigenvalue weighted by molar-refractivity contribution is -0.258. The molecule has 2 atom stereocenters. The predicted octanol–water partition coefficient (Wildman–Crippen LogP) is 6.06. The topological polar surface area (TPSA) is 111 Å². The van der Waals surface area contributed by atoms with Gasteiger partial charge in [-0.2, -0.15) is 26.3 Å². The molecule has 3 aliphatic rings. The van der Waals surface area contributed by atoms with Gasteiger partial charge in [0.15, 0.2) is 0 Å². The highest BCUT2D eigenvalue weighted by molar-refractivity contribution is 6.31. The number of aliphatic hydroxyl groups is 1. The van der Waals surface area contributed by atoms with Gasteiger partial charge >= 0.3 is 24.4 Å². The number of fused-ring (bicyclic) bond motifs is 1. The molecule has 226 valence electrons. The first-order valence-electron chi connectivity index (χ1n) is 12.6. The molecule has 0 spiro atoms. The molecule has 3 aromatic carbocycles. The third-order valence-corrected chi connectivity index (χ3v) is 8.15. The monoisotopic (exact) mass is 629 g/mol. The van der Waals surface area contributed by atoms with Crippen LogP contribution in [0, 0.1) is 5.82 Å². The summed E-state index contributed by atoms with van der Waals surface area (Å²) in [5, 5.41) is 15.5. The van der Waals surface area contributed by atoms with Gasteiger partial charge in [-0.3, -0.25) is 9.80 Å². The minimum atomic E-state index is -5.29. The van der Waals surface area contributed by atoms with E-state index in [1.807, 2.05) is 0 Å². The molecule has 0 aliphatic carbocycles. The van der Waals surface area contributed by atoms with E-state index in [1.165, 1.54) is 11.0 Å². The predicted molar refractivity (Wildman–Crippen MR) is 141 cm³/mol. The summed E-state index contributed by atoms with van der Waals surface area (Å²) in [6, 6.07) is 2.79. The van der Waals surface area contributed by atoms with Crippen LogP contribution in [0.1, 0.15) is 33.9 Å². The zero-order chi connectivity index (χ0) is 31.2. The third kappa shape index (κ3) is 4.40. The van der Waals surface area contributed by atoms with Crippen molar-refractivity contribution in [1.82, 2.24) is 5.32 Å². The quantitative estimate of drug-likeness (QED) is 0.204. The third-order valence-electron chi connectivity index (χ3n) is 7.81. The first-order chi connectivity index (χ1) is 20.0. The highest BCUT2D eigenvalue weighted by Crippen LogP contribution is 2.51. The fraction of sp³-hybridized carbons (Fsp3) is 0.259. The molecule has 0 radical (unpaired) electrons. The van der Waals surface area contributed by atoms with Crippen LogP contribution in [-0.2, 0) is 18.2 Å². The van der Waals surface area contributed by atoms with Gasteiger partial charge in [0.25, 0.3) is 0 Å². The molecule has 43 heavy (non-hydrogen) atoms. The number of carbonyl (C=O) groups excluding carboxylic acids is 2. The summed E-state index contributed by atoms with van der Waals surface area (Å²) in [5.74, 6) is -1.07. The molecular weight excluding hydrogens is 611 g/mol. The summed E-state index contributed by atoms with van der Waals surface area (Å²) < 4.78 is 96.5. The average molecular weight is 630 g/mol. The molecule has 3 aromatic rings. The maximum Gasteiger partial charge on any atom is 0.423 e. The van der Waals surface area contributed by atoms with Crippen molar-refractivity contribution >= 4 is 46.4 Å². The smallest absolute Gasteiger partial charge is 0.398 e. The number of nitrogens with zero attached hydrogens (tertiary/aromatic N) is 2. The van der Waals surface area contributed by atoms with Gasteiger partial charge in [-0.1, -0.05) is 11.6 Å². The Balaban J connectivity index is 1.47. The maximum absolute atomic E-state index is 13.9. The second-order valence-corrected chi connectivity index (χ2v) is 10.7. The van der Waals surface area contributed by atoms with Crippen LogP contribution in [0.5, 0.6) is 0 Å². The van der Waals surface area contributed by atoms with E-state index >= 15 is 0 Å². The lowest BCUT2D eigenvalue weighted by Gasteiger charge is -2.35. The van der Waals surface area contributed by atoms with Gasteiger partial charge in [-0.25, -0.2) is 14.0 Å². The fourth-order valence-electron chi connectivity index (χ4n) is 5.78. The van der Waals surface area contributed by atoms with Gasteiger partial charge in [0.1, 0.15) is 5.82 Å². The van der Waals surface area contributed by atoms with Crippen LogP contribution in [0.4, 0.5) is 63.1 Å². The highest BCUT2D eigenvalue weighted by Gasteiger charge is 2.61. The Morgan fingerprint density at radius 1 is 1.12 bits per heavy atom. The minimum Gasteiger partial charge on any atom is -0.398 e. The van der Waals surface area contributed by atoms with E-state index in [0.717, 1.165) is 30.3 Å². The summed E-state index contributed by atoms with van der Waals surface area (Å²) in [7, 11) is 0. The Labute approximate surface area is 242 Å². The number of nitrogens with two attached hydrogens (primary N) is 1. The summed E-state index contributed by atoms with van der Waals surface area (Å²) >= 11 is 6.30. The molecule has 3 heterocycles. The lowest BCUT2D eigenvalue weighted by atomic mass is 9.90. The number of β-amino-alcohol motifs (C(OH)–C–C–N with tert-alkyl or cyclic N) is 1. The van der Waals surface area contributed by atoms with Crippen molar-refractivity contribution in [2.24, 2.45) is 0 Å². The number of hydrogen-bond donors (Lipinski definition) is 4. The molecule has 5 N–H and O–H groups in total. The Hall–Kier alpha value is -4.24. The number of nitrogens with one attached hydrogen (secondary N) is 2. The van der Waals surface area contributed by atoms with E-state index in [-0.39, 0.29) is 46.2 Å². The number of carbonyl (C=O) groups is 2. The molecule has 3 aliphatic heterocycles. The number of halogens is 8. The lowest BCUT2D eigenvalue weighted by Crippen LogP contribution is -2.48. The first kappa shape index (κ1) is 28.9. The van der Waals surface area contributed by atoms with Crippen molar-refractivity contribution in [1.29, 1.82) is 0 Å². The van der Waals surface area contributed by atoms with Crippen molar-refractivity contribution in [2.45, 2.75) is 30.4 Å². The molecular formula is C27H19ClF7N5O3. The van der Waals surface area contributed by atoms with E-state index < -0.39 is 65.2 Å². The summed E-state index contributed by atoms with van der Waals surface area (Å²) in [5.41, 5.74) is 0.861. The Kier molecular flexibility index (Phi) is 6.29. The van der Waals surface area contributed by atoms with Crippen LogP contribution in [0.25, 0.3) is 0 Å². The molecule has 8 nitrogen and oxygen atoms in total. The largest absolute Gasteiger partial charge is 0.423 e. The van der Waals surface area contributed by atoms with Crippen molar-refractivity contribution in [3.05, 3.63) is 81.1 Å². The van der Waals surface area contributed by atoms with E-state index in [4.69, 9.17) is 17.3 Å². The van der Waals surface area contributed by atoms with Crippen LogP contribution in [0.2, 0.25) is 5.02 Å².